The highest BCUT2D eigenvalue weighted by Gasteiger charge is 2.18. The number of piperidine rings is 1. The first-order valence-corrected chi connectivity index (χ1v) is 9.36. The smallest absolute Gasteiger partial charge is 0.343 e. The zero-order valence-corrected chi connectivity index (χ0v) is 16.4. The van der Waals surface area contributed by atoms with E-state index in [-0.39, 0.29) is 0 Å². The van der Waals surface area contributed by atoms with Gasteiger partial charge in [-0.3, -0.25) is 0 Å². The molecule has 0 unspecified atom stereocenters. The molecule has 0 aliphatic carbocycles. The van der Waals surface area contributed by atoms with Gasteiger partial charge in [0, 0.05) is 18.7 Å². The molecule has 1 heterocycles. The van der Waals surface area contributed by atoms with Gasteiger partial charge < -0.3 is 19.1 Å². The standard InChI is InChI=1S/C21H23NO4S/c1-24-17-9-6-15(7-10-17)21(23)26-19-14-16(8-11-18(19)25-2)20(27)22-12-4-3-5-13-22/h6-11,14H,3-5,12-13H2,1-2H3. The Morgan fingerprint density at radius 3 is 2.19 bits per heavy atom. The lowest BCUT2D eigenvalue weighted by molar-refractivity contribution is 0.0729. The molecule has 2 aromatic rings. The highest BCUT2D eigenvalue weighted by molar-refractivity contribution is 7.80. The lowest BCUT2D eigenvalue weighted by atomic mass is 10.1. The van der Waals surface area contributed by atoms with Crippen molar-refractivity contribution in [2.75, 3.05) is 27.3 Å². The Morgan fingerprint density at radius 1 is 0.889 bits per heavy atom. The highest BCUT2D eigenvalue weighted by atomic mass is 32.1. The number of benzene rings is 2. The molecule has 6 heteroatoms. The SMILES string of the molecule is COc1ccc(C(=O)Oc2cc(C(=S)N3CCCCC3)ccc2OC)cc1. The number of hydrogen-bond donors (Lipinski definition) is 0. The van der Waals surface area contributed by atoms with Crippen molar-refractivity contribution in [3.63, 3.8) is 0 Å². The second-order valence-electron chi connectivity index (χ2n) is 6.34. The Kier molecular flexibility index (Phi) is 6.29. The van der Waals surface area contributed by atoms with E-state index >= 15 is 0 Å². The summed E-state index contributed by atoms with van der Waals surface area (Å²) >= 11 is 5.65. The molecule has 27 heavy (non-hydrogen) atoms. The number of nitrogens with zero attached hydrogens (tertiary/aromatic N) is 1. The van der Waals surface area contributed by atoms with E-state index in [1.807, 2.05) is 6.07 Å². The Bertz CT molecular complexity index is 813. The molecule has 0 amide bonds. The summed E-state index contributed by atoms with van der Waals surface area (Å²) in [5.41, 5.74) is 1.28. The molecule has 1 aliphatic rings. The number of thiocarbonyl (C=S) groups is 1. The summed E-state index contributed by atoms with van der Waals surface area (Å²) in [6, 6.07) is 12.2. The molecule has 0 bridgehead atoms. The third-order valence-corrected chi connectivity index (χ3v) is 5.08. The van der Waals surface area contributed by atoms with Gasteiger partial charge in [-0.25, -0.2) is 4.79 Å². The van der Waals surface area contributed by atoms with E-state index in [2.05, 4.69) is 4.90 Å². The van der Waals surface area contributed by atoms with E-state index < -0.39 is 5.97 Å². The van der Waals surface area contributed by atoms with Crippen molar-refractivity contribution in [3.05, 3.63) is 53.6 Å². The van der Waals surface area contributed by atoms with Gasteiger partial charge in [0.2, 0.25) is 0 Å². The summed E-state index contributed by atoms with van der Waals surface area (Å²) in [4.78, 5) is 15.5. The maximum absolute atomic E-state index is 12.5. The Morgan fingerprint density at radius 2 is 1.56 bits per heavy atom. The molecule has 3 rings (SSSR count). The van der Waals surface area contributed by atoms with Crippen molar-refractivity contribution < 1.29 is 19.0 Å². The van der Waals surface area contributed by atoms with E-state index in [1.54, 1.807) is 50.6 Å². The molecule has 142 valence electrons. The molecule has 1 aliphatic heterocycles. The zero-order valence-electron chi connectivity index (χ0n) is 15.6. The van der Waals surface area contributed by atoms with Crippen molar-refractivity contribution in [1.82, 2.24) is 4.90 Å². The van der Waals surface area contributed by atoms with Crippen LogP contribution in [0.2, 0.25) is 0 Å². The number of methoxy groups -OCH3 is 2. The van der Waals surface area contributed by atoms with Gasteiger partial charge in [-0.05, 0) is 61.7 Å². The van der Waals surface area contributed by atoms with Crippen molar-refractivity contribution in [1.29, 1.82) is 0 Å². The van der Waals surface area contributed by atoms with Crippen molar-refractivity contribution in [2.24, 2.45) is 0 Å². The number of carbonyl (C=O) groups excluding carboxylic acids is 1. The third kappa shape index (κ3) is 4.57. The summed E-state index contributed by atoms with van der Waals surface area (Å²) in [5, 5.41) is 0. The lowest BCUT2D eigenvalue weighted by Gasteiger charge is -2.29. The third-order valence-electron chi connectivity index (χ3n) is 4.58. The van der Waals surface area contributed by atoms with Crippen molar-refractivity contribution in [2.45, 2.75) is 19.3 Å². The van der Waals surface area contributed by atoms with Gasteiger partial charge in [0.05, 0.1) is 19.8 Å². The molecule has 1 fully saturated rings. The minimum atomic E-state index is -0.461. The first kappa shape index (κ1) is 19.2. The molecular weight excluding hydrogens is 362 g/mol. The molecule has 2 aromatic carbocycles. The molecule has 0 aromatic heterocycles. The van der Waals surface area contributed by atoms with Crippen molar-refractivity contribution >= 4 is 23.2 Å². The highest BCUT2D eigenvalue weighted by Crippen LogP contribution is 2.30. The largest absolute Gasteiger partial charge is 0.497 e. The summed E-state index contributed by atoms with van der Waals surface area (Å²) in [6.45, 7) is 1.93. The molecular formula is C21H23NO4S. The fraction of sp³-hybridized carbons (Fsp3) is 0.333. The van der Waals surface area contributed by atoms with Crippen LogP contribution in [0.1, 0.15) is 35.2 Å². The van der Waals surface area contributed by atoms with Gasteiger partial charge in [0.15, 0.2) is 11.5 Å². The van der Waals surface area contributed by atoms with Crippen LogP contribution < -0.4 is 14.2 Å². The first-order valence-electron chi connectivity index (χ1n) is 8.96. The van der Waals surface area contributed by atoms with E-state index in [0.29, 0.717) is 22.8 Å². The Balaban J connectivity index is 1.80. The average Bonchev–Trinajstić information content (AvgIpc) is 2.73. The predicted molar refractivity (Wildman–Crippen MR) is 108 cm³/mol. The van der Waals surface area contributed by atoms with Crippen LogP contribution in [-0.4, -0.2) is 43.2 Å². The minimum absolute atomic E-state index is 0.357. The lowest BCUT2D eigenvalue weighted by Crippen LogP contribution is -2.34. The van der Waals surface area contributed by atoms with Gasteiger partial charge in [-0.15, -0.1) is 0 Å². The molecule has 5 nitrogen and oxygen atoms in total. The second-order valence-corrected chi connectivity index (χ2v) is 6.72. The van der Waals surface area contributed by atoms with Crippen LogP contribution in [-0.2, 0) is 0 Å². The van der Waals surface area contributed by atoms with Crippen LogP contribution in [0.25, 0.3) is 0 Å². The van der Waals surface area contributed by atoms with Gasteiger partial charge in [-0.2, -0.15) is 0 Å². The molecule has 1 saturated heterocycles. The van der Waals surface area contributed by atoms with Gasteiger partial charge >= 0.3 is 5.97 Å². The van der Waals surface area contributed by atoms with Gasteiger partial charge in [-0.1, -0.05) is 12.2 Å². The molecule has 0 atom stereocenters. The number of carbonyl (C=O) groups is 1. The molecule has 0 spiro atoms. The summed E-state index contributed by atoms with van der Waals surface area (Å²) in [7, 11) is 3.12. The van der Waals surface area contributed by atoms with Gasteiger partial charge in [0.25, 0.3) is 0 Å². The van der Waals surface area contributed by atoms with Crippen LogP contribution in [0.5, 0.6) is 17.2 Å². The fourth-order valence-corrected chi connectivity index (χ4v) is 3.36. The maximum atomic E-state index is 12.5. The van der Waals surface area contributed by atoms with Crippen LogP contribution >= 0.6 is 12.2 Å². The molecule has 0 radical (unpaired) electrons. The first-order chi connectivity index (χ1) is 13.1. The summed E-state index contributed by atoms with van der Waals surface area (Å²) in [5.74, 6) is 1.06. The summed E-state index contributed by atoms with van der Waals surface area (Å²) in [6.07, 6.45) is 3.54. The number of likely N-dealkylation sites (tertiary alicyclic amines) is 1. The topological polar surface area (TPSA) is 48.0 Å². The number of ether oxygens (including phenoxy) is 3. The number of esters is 1. The monoisotopic (exact) mass is 385 g/mol. The average molecular weight is 385 g/mol. The summed E-state index contributed by atoms with van der Waals surface area (Å²) < 4.78 is 16.0. The van der Waals surface area contributed by atoms with Crippen LogP contribution in [0, 0.1) is 0 Å². The van der Waals surface area contributed by atoms with E-state index in [9.17, 15) is 4.79 Å². The normalized spacial score (nSPS) is 13.8. The van der Waals surface area contributed by atoms with E-state index in [0.717, 1.165) is 36.5 Å². The number of rotatable bonds is 5. The van der Waals surface area contributed by atoms with Crippen LogP contribution in [0.3, 0.4) is 0 Å². The van der Waals surface area contributed by atoms with Crippen LogP contribution in [0.4, 0.5) is 0 Å². The molecule has 0 N–H and O–H groups in total. The predicted octanol–water partition coefficient (Wildman–Crippen LogP) is 4.08. The fourth-order valence-electron chi connectivity index (χ4n) is 3.05. The van der Waals surface area contributed by atoms with Crippen LogP contribution in [0.15, 0.2) is 42.5 Å². The van der Waals surface area contributed by atoms with E-state index in [1.165, 1.54) is 6.42 Å². The van der Waals surface area contributed by atoms with Crippen molar-refractivity contribution in [3.8, 4) is 17.2 Å². The Hall–Kier alpha value is -2.60. The maximum Gasteiger partial charge on any atom is 0.343 e. The quantitative estimate of drug-likeness (QED) is 0.439. The molecule has 0 saturated carbocycles. The second kappa shape index (κ2) is 8.86. The zero-order chi connectivity index (χ0) is 19.2. The Labute approximate surface area is 164 Å². The van der Waals surface area contributed by atoms with E-state index in [4.69, 9.17) is 26.4 Å². The minimum Gasteiger partial charge on any atom is -0.497 e. The van der Waals surface area contributed by atoms with Gasteiger partial charge in [0.1, 0.15) is 10.7 Å². The number of hydrogen-bond acceptors (Lipinski definition) is 5.